The van der Waals surface area contributed by atoms with Crippen molar-refractivity contribution in [1.29, 1.82) is 5.26 Å². The van der Waals surface area contributed by atoms with Crippen molar-refractivity contribution in [3.63, 3.8) is 0 Å². The van der Waals surface area contributed by atoms with Crippen LogP contribution in [0.15, 0.2) is 0 Å². The van der Waals surface area contributed by atoms with Crippen molar-refractivity contribution in [3.8, 4) is 6.07 Å². The largest absolute Gasteiger partial charge is 0.388 e. The molecule has 0 saturated heterocycles. The number of nitriles is 1. The van der Waals surface area contributed by atoms with Gasteiger partial charge in [0.25, 0.3) is 0 Å². The Hall–Kier alpha value is -0.550. The van der Waals surface area contributed by atoms with Crippen LogP contribution in [-0.2, 0) is 0 Å². The highest BCUT2D eigenvalue weighted by molar-refractivity contribution is 5.20. The second kappa shape index (κ2) is 4.53. The van der Waals surface area contributed by atoms with E-state index in [9.17, 15) is 10.4 Å². The zero-order valence-electron chi connectivity index (χ0n) is 12.1. The van der Waals surface area contributed by atoms with Crippen molar-refractivity contribution >= 4 is 0 Å². The van der Waals surface area contributed by atoms with Crippen LogP contribution in [0, 0.1) is 28.1 Å². The Labute approximate surface area is 111 Å². The molecule has 1 unspecified atom stereocenters. The van der Waals surface area contributed by atoms with Gasteiger partial charge in [-0.2, -0.15) is 5.26 Å². The average molecular weight is 249 g/mol. The third-order valence-electron chi connectivity index (χ3n) is 5.98. The molecule has 2 saturated carbocycles. The molecule has 1 atom stereocenters. The molecule has 2 nitrogen and oxygen atoms in total. The van der Waals surface area contributed by atoms with Gasteiger partial charge in [0.15, 0.2) is 0 Å². The summed E-state index contributed by atoms with van der Waals surface area (Å²) in [5.74, 6) is 0.777. The summed E-state index contributed by atoms with van der Waals surface area (Å²) >= 11 is 0. The van der Waals surface area contributed by atoms with E-state index in [1.807, 2.05) is 6.92 Å². The van der Waals surface area contributed by atoms with Gasteiger partial charge in [0.2, 0.25) is 0 Å². The fraction of sp³-hybridized carbons (Fsp3) is 0.938. The fourth-order valence-electron chi connectivity index (χ4n) is 3.83. The van der Waals surface area contributed by atoms with Crippen LogP contribution in [-0.4, -0.2) is 10.7 Å². The summed E-state index contributed by atoms with van der Waals surface area (Å²) in [4.78, 5) is 0. The molecule has 102 valence electrons. The smallest absolute Gasteiger partial charge is 0.0863 e. The van der Waals surface area contributed by atoms with Crippen molar-refractivity contribution < 1.29 is 5.11 Å². The van der Waals surface area contributed by atoms with E-state index in [1.54, 1.807) is 0 Å². The van der Waals surface area contributed by atoms with Crippen LogP contribution >= 0.6 is 0 Å². The van der Waals surface area contributed by atoms with Gasteiger partial charge in [-0.25, -0.2) is 0 Å². The third kappa shape index (κ3) is 1.97. The predicted octanol–water partition coefficient (Wildman–Crippen LogP) is 4.04. The first-order valence-electron chi connectivity index (χ1n) is 7.54. The van der Waals surface area contributed by atoms with E-state index in [-0.39, 0.29) is 5.41 Å². The molecule has 0 aromatic heterocycles. The second-order valence-corrected chi connectivity index (χ2v) is 7.06. The number of rotatable bonds is 4. The molecular formula is C16H27NO. The molecule has 0 bridgehead atoms. The zero-order chi connectivity index (χ0) is 13.4. The van der Waals surface area contributed by atoms with Gasteiger partial charge in [0.1, 0.15) is 0 Å². The highest BCUT2D eigenvalue weighted by atomic mass is 16.3. The Balaban J connectivity index is 2.12. The Morgan fingerprint density at radius 2 is 1.83 bits per heavy atom. The third-order valence-corrected chi connectivity index (χ3v) is 5.98. The lowest BCUT2D eigenvalue weighted by Crippen LogP contribution is -2.52. The SMILES string of the molecule is CCCC1CCC(C#N)(C(C)(O)C2(C)CC2)CC1. The Kier molecular flexibility index (Phi) is 3.49. The van der Waals surface area contributed by atoms with Gasteiger partial charge in [-0.3, -0.25) is 0 Å². The van der Waals surface area contributed by atoms with Crippen molar-refractivity contribution in [2.75, 3.05) is 0 Å². The topological polar surface area (TPSA) is 44.0 Å². The highest BCUT2D eigenvalue weighted by Crippen LogP contribution is 2.62. The minimum absolute atomic E-state index is 0.0136. The van der Waals surface area contributed by atoms with Gasteiger partial charge >= 0.3 is 0 Å². The first-order valence-corrected chi connectivity index (χ1v) is 7.54. The quantitative estimate of drug-likeness (QED) is 0.817. The molecule has 1 N–H and O–H groups in total. The van der Waals surface area contributed by atoms with E-state index < -0.39 is 11.0 Å². The first kappa shape index (κ1) is 13.9. The molecule has 0 aliphatic heterocycles. The Bertz CT molecular complexity index is 341. The summed E-state index contributed by atoms with van der Waals surface area (Å²) in [6.45, 7) is 6.29. The van der Waals surface area contributed by atoms with E-state index in [1.165, 1.54) is 12.8 Å². The fourth-order valence-corrected chi connectivity index (χ4v) is 3.83. The van der Waals surface area contributed by atoms with Gasteiger partial charge in [0, 0.05) is 0 Å². The molecule has 0 heterocycles. The maximum absolute atomic E-state index is 11.0. The summed E-state index contributed by atoms with van der Waals surface area (Å²) in [6.07, 6.45) is 8.66. The molecule has 2 fully saturated rings. The zero-order valence-corrected chi connectivity index (χ0v) is 12.1. The minimum atomic E-state index is -0.814. The second-order valence-electron chi connectivity index (χ2n) is 7.06. The van der Waals surface area contributed by atoms with E-state index in [0.717, 1.165) is 44.4 Å². The summed E-state index contributed by atoms with van der Waals surface area (Å²) in [5, 5.41) is 20.7. The minimum Gasteiger partial charge on any atom is -0.388 e. The summed E-state index contributed by atoms with van der Waals surface area (Å²) in [6, 6.07) is 2.52. The van der Waals surface area contributed by atoms with Gasteiger partial charge < -0.3 is 5.11 Å². The normalized spacial score (nSPS) is 37.6. The average Bonchev–Trinajstić information content (AvgIpc) is 3.10. The van der Waals surface area contributed by atoms with Crippen molar-refractivity contribution in [1.82, 2.24) is 0 Å². The molecular weight excluding hydrogens is 222 g/mol. The molecule has 0 radical (unpaired) electrons. The standard InChI is InChI=1S/C16H27NO/c1-4-5-13-6-8-16(12-17,9-7-13)15(3,18)14(2)10-11-14/h13,18H,4-11H2,1-3H3. The highest BCUT2D eigenvalue weighted by Gasteiger charge is 2.63. The van der Waals surface area contributed by atoms with Crippen LogP contribution in [0.3, 0.4) is 0 Å². The van der Waals surface area contributed by atoms with Crippen LogP contribution in [0.2, 0.25) is 0 Å². The Morgan fingerprint density at radius 3 is 2.22 bits per heavy atom. The first-order chi connectivity index (χ1) is 8.41. The summed E-state index contributed by atoms with van der Waals surface area (Å²) < 4.78 is 0. The summed E-state index contributed by atoms with van der Waals surface area (Å²) in [7, 11) is 0. The van der Waals surface area contributed by atoms with E-state index in [4.69, 9.17) is 0 Å². The van der Waals surface area contributed by atoms with E-state index in [0.29, 0.717) is 0 Å². The van der Waals surface area contributed by atoms with Crippen LogP contribution in [0.5, 0.6) is 0 Å². The maximum atomic E-state index is 11.0. The maximum Gasteiger partial charge on any atom is 0.0863 e. The molecule has 2 rings (SSSR count). The van der Waals surface area contributed by atoms with Gasteiger partial charge in [-0.1, -0.05) is 26.7 Å². The molecule has 0 aromatic rings. The number of hydrogen-bond donors (Lipinski definition) is 1. The van der Waals surface area contributed by atoms with Crippen molar-refractivity contribution in [2.24, 2.45) is 16.7 Å². The lowest BCUT2D eigenvalue weighted by atomic mass is 9.58. The molecule has 0 spiro atoms. The Morgan fingerprint density at radius 1 is 1.28 bits per heavy atom. The van der Waals surface area contributed by atoms with Crippen molar-refractivity contribution in [3.05, 3.63) is 0 Å². The van der Waals surface area contributed by atoms with E-state index >= 15 is 0 Å². The van der Waals surface area contributed by atoms with Crippen LogP contribution in [0.4, 0.5) is 0 Å². The predicted molar refractivity (Wildman–Crippen MR) is 72.9 cm³/mol. The summed E-state index contributed by atoms with van der Waals surface area (Å²) in [5.41, 5.74) is -1.32. The van der Waals surface area contributed by atoms with Gasteiger partial charge in [-0.15, -0.1) is 0 Å². The molecule has 0 aromatic carbocycles. The van der Waals surface area contributed by atoms with Crippen LogP contribution < -0.4 is 0 Å². The van der Waals surface area contributed by atoms with Crippen LogP contribution in [0.1, 0.15) is 72.1 Å². The van der Waals surface area contributed by atoms with Crippen molar-refractivity contribution in [2.45, 2.75) is 77.7 Å². The molecule has 2 heteroatoms. The number of aliphatic hydroxyl groups is 1. The van der Waals surface area contributed by atoms with Crippen LogP contribution in [0.25, 0.3) is 0 Å². The monoisotopic (exact) mass is 249 g/mol. The molecule has 18 heavy (non-hydrogen) atoms. The lowest BCUT2D eigenvalue weighted by Gasteiger charge is -2.48. The number of nitrogens with zero attached hydrogens (tertiary/aromatic N) is 1. The molecule has 2 aliphatic carbocycles. The molecule has 2 aliphatic rings. The lowest BCUT2D eigenvalue weighted by molar-refractivity contribution is -0.112. The van der Waals surface area contributed by atoms with Gasteiger partial charge in [-0.05, 0) is 56.8 Å². The van der Waals surface area contributed by atoms with Gasteiger partial charge in [0.05, 0.1) is 17.1 Å². The van der Waals surface area contributed by atoms with E-state index in [2.05, 4.69) is 19.9 Å². The number of hydrogen-bond acceptors (Lipinski definition) is 2. The molecule has 0 amide bonds.